The van der Waals surface area contributed by atoms with Crippen LogP contribution in [-0.4, -0.2) is 23.9 Å². The second-order valence-electron chi connectivity index (χ2n) is 8.07. The lowest BCUT2D eigenvalue weighted by Gasteiger charge is -2.25. The Bertz CT molecular complexity index is 847. The Morgan fingerprint density at radius 1 is 1.11 bits per heavy atom. The second-order valence-corrected chi connectivity index (χ2v) is 8.07. The summed E-state index contributed by atoms with van der Waals surface area (Å²) < 4.78 is 0. The summed E-state index contributed by atoms with van der Waals surface area (Å²) in [5.41, 5.74) is 4.33. The van der Waals surface area contributed by atoms with Gasteiger partial charge < -0.3 is 16.0 Å². The van der Waals surface area contributed by atoms with Crippen LogP contribution in [0, 0.1) is 12.8 Å². The fourth-order valence-electron chi connectivity index (χ4n) is 3.68. The fraction of sp³-hybridized carbons (Fsp3) is 0.391. The molecule has 3 rings (SSSR count). The summed E-state index contributed by atoms with van der Waals surface area (Å²) in [6.07, 6.45) is 1.29. The first-order valence-electron chi connectivity index (χ1n) is 10.0. The molecule has 1 aliphatic rings. The molecule has 2 aromatic rings. The zero-order chi connectivity index (χ0) is 20.1. The third-order valence-corrected chi connectivity index (χ3v) is 5.14. The van der Waals surface area contributed by atoms with Crippen molar-refractivity contribution >= 4 is 17.5 Å². The van der Waals surface area contributed by atoms with Crippen molar-refractivity contribution < 1.29 is 14.9 Å². The number of benzene rings is 2. The number of carbonyl (C=O) groups excluding carboxylic acids is 2. The van der Waals surface area contributed by atoms with Crippen LogP contribution in [0.2, 0.25) is 0 Å². The third-order valence-electron chi connectivity index (χ3n) is 5.14. The highest BCUT2D eigenvalue weighted by Gasteiger charge is 2.31. The first kappa shape index (κ1) is 20.1. The maximum absolute atomic E-state index is 12.9. The molecule has 5 nitrogen and oxygen atoms in total. The number of carbonyl (C=O) groups is 2. The van der Waals surface area contributed by atoms with Crippen LogP contribution in [0.4, 0.5) is 5.69 Å². The molecule has 148 valence electrons. The molecule has 0 saturated carbocycles. The Hall–Kier alpha value is -2.66. The molecule has 2 aromatic carbocycles. The molecular formula is C23H30N3O2+. The highest BCUT2D eigenvalue weighted by Crippen LogP contribution is 2.15. The fourth-order valence-corrected chi connectivity index (χ4v) is 3.68. The van der Waals surface area contributed by atoms with E-state index in [1.54, 1.807) is 0 Å². The minimum Gasteiger partial charge on any atom is -0.339 e. The number of quaternary nitrogens is 1. The van der Waals surface area contributed by atoms with Gasteiger partial charge in [0.1, 0.15) is 12.6 Å². The Morgan fingerprint density at radius 3 is 2.57 bits per heavy atom. The van der Waals surface area contributed by atoms with Crippen molar-refractivity contribution in [2.45, 2.75) is 52.2 Å². The molecule has 0 fully saturated rings. The average molecular weight is 381 g/mol. The summed E-state index contributed by atoms with van der Waals surface area (Å²) >= 11 is 0. The van der Waals surface area contributed by atoms with E-state index in [1.807, 2.05) is 43.3 Å². The zero-order valence-electron chi connectivity index (χ0n) is 16.9. The van der Waals surface area contributed by atoms with Gasteiger partial charge in [-0.25, -0.2) is 0 Å². The van der Waals surface area contributed by atoms with Gasteiger partial charge in [-0.15, -0.1) is 0 Å². The Labute approximate surface area is 166 Å². The molecule has 0 radical (unpaired) electrons. The van der Waals surface area contributed by atoms with Gasteiger partial charge in [0, 0.05) is 17.7 Å². The first-order chi connectivity index (χ1) is 13.4. The van der Waals surface area contributed by atoms with Crippen LogP contribution in [-0.2, 0) is 22.6 Å². The van der Waals surface area contributed by atoms with Gasteiger partial charge in [0.15, 0.2) is 6.04 Å². The summed E-state index contributed by atoms with van der Waals surface area (Å²) in [7, 11) is 0. The van der Waals surface area contributed by atoms with Crippen LogP contribution in [0.25, 0.3) is 0 Å². The van der Waals surface area contributed by atoms with Gasteiger partial charge in [-0.1, -0.05) is 50.2 Å². The number of hydrogen-bond donors (Lipinski definition) is 3. The van der Waals surface area contributed by atoms with Crippen LogP contribution in [0.15, 0.2) is 48.5 Å². The number of amides is 2. The highest BCUT2D eigenvalue weighted by molar-refractivity contribution is 5.97. The Morgan fingerprint density at radius 2 is 1.86 bits per heavy atom. The highest BCUT2D eigenvalue weighted by atomic mass is 16.2. The summed E-state index contributed by atoms with van der Waals surface area (Å²) in [4.78, 5) is 25.7. The standard InChI is InChI=1S/C23H29N3O2/c1-15(2)11-21(23(28)25-19-10-6-7-16(3)12-19)26-22(27)20-13-17-8-4-5-9-18(17)14-24-20/h4-10,12,15,20-21,24H,11,13-14H2,1-3H3,(H,25,28)(H,26,27)/p+1/t20-,21-/m0/s1. The van der Waals surface area contributed by atoms with Crippen LogP contribution in [0.3, 0.4) is 0 Å². The van der Waals surface area contributed by atoms with E-state index < -0.39 is 6.04 Å². The van der Waals surface area contributed by atoms with Crippen molar-refractivity contribution in [3.05, 3.63) is 65.2 Å². The van der Waals surface area contributed by atoms with Crippen LogP contribution >= 0.6 is 0 Å². The molecule has 0 bridgehead atoms. The first-order valence-corrected chi connectivity index (χ1v) is 10.0. The van der Waals surface area contributed by atoms with E-state index in [1.165, 1.54) is 11.1 Å². The summed E-state index contributed by atoms with van der Waals surface area (Å²) in [6.45, 7) is 6.89. The molecular weight excluding hydrogens is 350 g/mol. The molecule has 28 heavy (non-hydrogen) atoms. The molecule has 2 amide bonds. The monoisotopic (exact) mass is 380 g/mol. The summed E-state index contributed by atoms with van der Waals surface area (Å²) in [6, 6.07) is 15.2. The summed E-state index contributed by atoms with van der Waals surface area (Å²) in [5.74, 6) is 0.0630. The second kappa shape index (κ2) is 9.02. The molecule has 0 unspecified atom stereocenters. The molecule has 0 aromatic heterocycles. The van der Waals surface area contributed by atoms with E-state index in [0.29, 0.717) is 18.8 Å². The minimum absolute atomic E-state index is 0.0699. The van der Waals surface area contributed by atoms with Crippen molar-refractivity contribution in [3.63, 3.8) is 0 Å². The molecule has 5 heteroatoms. The van der Waals surface area contributed by atoms with Crippen molar-refractivity contribution in [1.29, 1.82) is 0 Å². The molecule has 0 saturated heterocycles. The van der Waals surface area contributed by atoms with E-state index in [4.69, 9.17) is 0 Å². The van der Waals surface area contributed by atoms with E-state index in [0.717, 1.165) is 17.8 Å². The van der Waals surface area contributed by atoms with Crippen molar-refractivity contribution in [1.82, 2.24) is 5.32 Å². The SMILES string of the molecule is Cc1cccc(NC(=O)[C@H](CC(C)C)NC(=O)[C@@H]2Cc3ccccc3C[NH2+]2)c1. The van der Waals surface area contributed by atoms with E-state index in [9.17, 15) is 9.59 Å². The molecule has 0 aliphatic carbocycles. The Balaban J connectivity index is 1.66. The van der Waals surface area contributed by atoms with Gasteiger partial charge in [0.05, 0.1) is 0 Å². The zero-order valence-corrected chi connectivity index (χ0v) is 16.9. The van der Waals surface area contributed by atoms with Crippen molar-refractivity contribution in [2.75, 3.05) is 5.32 Å². The quantitative estimate of drug-likeness (QED) is 0.718. The molecule has 4 N–H and O–H groups in total. The third kappa shape index (κ3) is 5.20. The normalized spacial score (nSPS) is 16.9. The lowest BCUT2D eigenvalue weighted by atomic mass is 9.95. The smallest absolute Gasteiger partial charge is 0.279 e. The van der Waals surface area contributed by atoms with Gasteiger partial charge in [-0.3, -0.25) is 9.59 Å². The van der Waals surface area contributed by atoms with E-state index in [-0.39, 0.29) is 17.9 Å². The maximum atomic E-state index is 12.9. The Kier molecular flexibility index (Phi) is 6.47. The van der Waals surface area contributed by atoms with Crippen molar-refractivity contribution in [2.24, 2.45) is 5.92 Å². The molecule has 1 heterocycles. The number of rotatable bonds is 6. The number of hydrogen-bond acceptors (Lipinski definition) is 2. The molecule has 2 atom stereocenters. The topological polar surface area (TPSA) is 74.8 Å². The minimum atomic E-state index is -0.543. The van der Waals surface area contributed by atoms with Gasteiger partial charge in [0.2, 0.25) is 5.91 Å². The predicted molar refractivity (Wildman–Crippen MR) is 111 cm³/mol. The lowest BCUT2D eigenvalue weighted by Crippen LogP contribution is -2.93. The number of nitrogens with one attached hydrogen (secondary N) is 2. The van der Waals surface area contributed by atoms with Gasteiger partial charge in [-0.05, 0) is 42.5 Å². The average Bonchev–Trinajstić information content (AvgIpc) is 2.66. The van der Waals surface area contributed by atoms with Crippen LogP contribution in [0.1, 0.15) is 37.0 Å². The van der Waals surface area contributed by atoms with E-state index in [2.05, 4.69) is 41.9 Å². The number of aryl methyl sites for hydroxylation is 1. The van der Waals surface area contributed by atoms with Gasteiger partial charge >= 0.3 is 0 Å². The number of fused-ring (bicyclic) bond motifs is 1. The number of anilines is 1. The van der Waals surface area contributed by atoms with Crippen LogP contribution in [0.5, 0.6) is 0 Å². The van der Waals surface area contributed by atoms with Gasteiger partial charge in [-0.2, -0.15) is 0 Å². The maximum Gasteiger partial charge on any atom is 0.279 e. The van der Waals surface area contributed by atoms with Crippen LogP contribution < -0.4 is 16.0 Å². The number of nitrogens with two attached hydrogens (primary N) is 1. The molecule has 0 spiro atoms. The summed E-state index contributed by atoms with van der Waals surface area (Å²) in [5, 5.41) is 8.01. The lowest BCUT2D eigenvalue weighted by molar-refractivity contribution is -0.695. The largest absolute Gasteiger partial charge is 0.339 e. The van der Waals surface area contributed by atoms with Gasteiger partial charge in [0.25, 0.3) is 5.91 Å². The van der Waals surface area contributed by atoms with E-state index >= 15 is 0 Å². The van der Waals surface area contributed by atoms with Crippen molar-refractivity contribution in [3.8, 4) is 0 Å². The molecule has 1 aliphatic heterocycles. The predicted octanol–water partition coefficient (Wildman–Crippen LogP) is 2.15.